The Bertz CT molecular complexity index is 578. The smallest absolute Gasteiger partial charge is 0.314 e. The minimum Gasteiger partial charge on any atom is -0.388 e. The van der Waals surface area contributed by atoms with Crippen LogP contribution in [0.1, 0.15) is 44.7 Å². The minimum atomic E-state index is -0.913. The van der Waals surface area contributed by atoms with Crippen molar-refractivity contribution in [2.24, 2.45) is 5.92 Å². The van der Waals surface area contributed by atoms with E-state index in [4.69, 9.17) is 4.74 Å². The summed E-state index contributed by atoms with van der Waals surface area (Å²) in [7, 11) is 0. The van der Waals surface area contributed by atoms with Crippen LogP contribution in [0.15, 0.2) is 24.3 Å². The van der Waals surface area contributed by atoms with Crippen molar-refractivity contribution in [1.29, 1.82) is 0 Å². The van der Waals surface area contributed by atoms with Crippen LogP contribution in [0.25, 0.3) is 0 Å². The summed E-state index contributed by atoms with van der Waals surface area (Å²) in [5.41, 5.74) is 1.52. The van der Waals surface area contributed by atoms with Gasteiger partial charge in [0.05, 0.1) is 5.60 Å². The molecule has 1 fully saturated rings. The predicted molar refractivity (Wildman–Crippen MR) is 99.8 cm³/mol. The highest BCUT2D eigenvalue weighted by Gasteiger charge is 2.36. The van der Waals surface area contributed by atoms with E-state index in [9.17, 15) is 9.90 Å². The van der Waals surface area contributed by atoms with Gasteiger partial charge in [-0.2, -0.15) is 0 Å². The Balaban J connectivity index is 2.02. The van der Waals surface area contributed by atoms with Crippen molar-refractivity contribution >= 4 is 6.03 Å². The van der Waals surface area contributed by atoms with Crippen LogP contribution < -0.4 is 10.6 Å². The highest BCUT2D eigenvalue weighted by molar-refractivity contribution is 5.74. The first-order chi connectivity index (χ1) is 11.8. The zero-order valence-corrected chi connectivity index (χ0v) is 15.9. The zero-order chi connectivity index (χ0) is 18.5. The van der Waals surface area contributed by atoms with Crippen LogP contribution in [0.5, 0.6) is 0 Å². The lowest BCUT2D eigenvalue weighted by Crippen LogP contribution is -2.51. The third-order valence-corrected chi connectivity index (χ3v) is 5.60. The van der Waals surface area contributed by atoms with Gasteiger partial charge in [0.1, 0.15) is 0 Å². The molecule has 1 aromatic rings. The number of amides is 2. The number of carbonyl (C=O) groups is 1. The van der Waals surface area contributed by atoms with Gasteiger partial charge in [-0.05, 0) is 43.7 Å². The van der Waals surface area contributed by atoms with Crippen LogP contribution in [0.4, 0.5) is 4.79 Å². The number of carbonyl (C=O) groups excluding carboxylic acids is 1. The molecular formula is C20H32N2O3. The van der Waals surface area contributed by atoms with E-state index in [1.54, 1.807) is 6.92 Å². The molecular weight excluding hydrogens is 316 g/mol. The summed E-state index contributed by atoms with van der Waals surface area (Å²) >= 11 is 0. The molecule has 1 unspecified atom stereocenters. The summed E-state index contributed by atoms with van der Waals surface area (Å²) in [6, 6.07) is 8.13. The van der Waals surface area contributed by atoms with E-state index < -0.39 is 5.60 Å². The molecule has 1 heterocycles. The molecule has 0 aromatic heterocycles. The topological polar surface area (TPSA) is 70.6 Å². The van der Waals surface area contributed by atoms with Gasteiger partial charge in [-0.15, -0.1) is 0 Å². The number of urea groups is 1. The molecule has 2 rings (SSSR count). The molecule has 140 valence electrons. The van der Waals surface area contributed by atoms with Gasteiger partial charge in [-0.25, -0.2) is 4.79 Å². The molecule has 0 bridgehead atoms. The van der Waals surface area contributed by atoms with Gasteiger partial charge in [0.25, 0.3) is 0 Å². The lowest BCUT2D eigenvalue weighted by molar-refractivity contribution is 0.0164. The highest BCUT2D eigenvalue weighted by atomic mass is 16.5. The predicted octanol–water partition coefficient (Wildman–Crippen LogP) is 2.75. The Morgan fingerprint density at radius 3 is 2.52 bits per heavy atom. The van der Waals surface area contributed by atoms with Crippen LogP contribution in [-0.2, 0) is 10.2 Å². The summed E-state index contributed by atoms with van der Waals surface area (Å²) in [6.07, 6.45) is 1.78. The summed E-state index contributed by atoms with van der Waals surface area (Å²) < 4.78 is 5.55. The van der Waals surface area contributed by atoms with Crippen LogP contribution in [0, 0.1) is 12.8 Å². The van der Waals surface area contributed by atoms with Crippen LogP contribution >= 0.6 is 0 Å². The number of nitrogens with one attached hydrogen (secondary N) is 2. The van der Waals surface area contributed by atoms with Crippen LogP contribution in [0.2, 0.25) is 0 Å². The van der Waals surface area contributed by atoms with Crippen molar-refractivity contribution < 1.29 is 14.6 Å². The molecule has 25 heavy (non-hydrogen) atoms. The van der Waals surface area contributed by atoms with Crippen molar-refractivity contribution in [3.63, 3.8) is 0 Å². The first-order valence-corrected chi connectivity index (χ1v) is 9.15. The fourth-order valence-electron chi connectivity index (χ4n) is 3.25. The Morgan fingerprint density at radius 1 is 1.28 bits per heavy atom. The van der Waals surface area contributed by atoms with Gasteiger partial charge in [-0.3, -0.25) is 0 Å². The monoisotopic (exact) mass is 348 g/mol. The van der Waals surface area contributed by atoms with Gasteiger partial charge >= 0.3 is 6.03 Å². The second-order valence-electron chi connectivity index (χ2n) is 7.76. The maximum Gasteiger partial charge on any atom is 0.314 e. The molecule has 0 saturated carbocycles. The number of ether oxygens (including phenoxy) is 1. The lowest BCUT2D eigenvalue weighted by Gasteiger charge is -2.39. The van der Waals surface area contributed by atoms with Gasteiger partial charge in [-0.1, -0.05) is 38.1 Å². The summed E-state index contributed by atoms with van der Waals surface area (Å²) in [5.74, 6) is 0.0709. The van der Waals surface area contributed by atoms with Crippen molar-refractivity contribution in [2.45, 2.75) is 51.6 Å². The molecule has 5 nitrogen and oxygen atoms in total. The minimum absolute atomic E-state index is 0.0709. The quantitative estimate of drug-likeness (QED) is 0.740. The standard InChI is InChI=1S/C20H32N2O3/c1-15(2)19(4,24)13-21-18(23)22-14-20(9-11-25-12-10-20)17-8-6-5-7-16(17)3/h5-8,15,24H,9-14H2,1-4H3,(H2,21,22,23). The number of hydrogen-bond donors (Lipinski definition) is 3. The Kier molecular flexibility index (Phi) is 6.47. The van der Waals surface area contributed by atoms with E-state index in [1.165, 1.54) is 11.1 Å². The fraction of sp³-hybridized carbons (Fsp3) is 0.650. The Morgan fingerprint density at radius 2 is 1.92 bits per heavy atom. The van der Waals surface area contributed by atoms with Gasteiger partial charge in [0, 0.05) is 31.7 Å². The number of rotatable bonds is 6. The van der Waals surface area contributed by atoms with Crippen molar-refractivity contribution in [2.75, 3.05) is 26.3 Å². The van der Waals surface area contributed by atoms with Gasteiger partial charge in [0.15, 0.2) is 0 Å². The van der Waals surface area contributed by atoms with E-state index in [1.807, 2.05) is 19.9 Å². The maximum absolute atomic E-state index is 12.2. The highest BCUT2D eigenvalue weighted by Crippen LogP contribution is 2.36. The first kappa shape index (κ1) is 19.7. The van der Waals surface area contributed by atoms with Crippen LogP contribution in [0.3, 0.4) is 0 Å². The summed E-state index contributed by atoms with van der Waals surface area (Å²) in [6.45, 7) is 9.95. The third-order valence-electron chi connectivity index (χ3n) is 5.60. The van der Waals surface area contributed by atoms with Crippen molar-refractivity contribution in [3.05, 3.63) is 35.4 Å². The maximum atomic E-state index is 12.2. The molecule has 0 spiro atoms. The molecule has 1 aliphatic rings. The number of aliphatic hydroxyl groups is 1. The van der Waals surface area contributed by atoms with Gasteiger partial charge in [0.2, 0.25) is 0 Å². The van der Waals surface area contributed by atoms with E-state index in [-0.39, 0.29) is 23.9 Å². The van der Waals surface area contributed by atoms with E-state index >= 15 is 0 Å². The normalized spacial score (nSPS) is 19.3. The second kappa shape index (κ2) is 8.19. The van der Waals surface area contributed by atoms with Crippen LogP contribution in [-0.4, -0.2) is 43.0 Å². The fourth-order valence-corrected chi connectivity index (χ4v) is 3.25. The molecule has 0 radical (unpaired) electrons. The molecule has 0 aliphatic carbocycles. The Labute approximate surface area is 151 Å². The SMILES string of the molecule is Cc1ccccc1C1(CNC(=O)NCC(C)(O)C(C)C)CCOCC1. The molecule has 2 amide bonds. The van der Waals surface area contributed by atoms with Gasteiger partial charge < -0.3 is 20.5 Å². The first-order valence-electron chi connectivity index (χ1n) is 9.15. The number of aryl methyl sites for hydroxylation is 1. The summed E-state index contributed by atoms with van der Waals surface area (Å²) in [5, 5.41) is 16.1. The van der Waals surface area contributed by atoms with E-state index in [2.05, 4.69) is 35.8 Å². The molecule has 3 N–H and O–H groups in total. The number of benzene rings is 1. The van der Waals surface area contributed by atoms with E-state index in [0.717, 1.165) is 12.8 Å². The van der Waals surface area contributed by atoms with E-state index in [0.29, 0.717) is 19.8 Å². The average Bonchev–Trinajstić information content (AvgIpc) is 2.59. The Hall–Kier alpha value is -1.59. The molecule has 1 aromatic carbocycles. The molecule has 1 saturated heterocycles. The van der Waals surface area contributed by atoms with Crippen molar-refractivity contribution in [3.8, 4) is 0 Å². The third kappa shape index (κ3) is 4.95. The molecule has 5 heteroatoms. The average molecular weight is 348 g/mol. The largest absolute Gasteiger partial charge is 0.388 e. The number of hydrogen-bond acceptors (Lipinski definition) is 3. The summed E-state index contributed by atoms with van der Waals surface area (Å²) in [4.78, 5) is 12.2. The molecule has 1 atom stereocenters. The lowest BCUT2D eigenvalue weighted by atomic mass is 9.72. The molecule has 1 aliphatic heterocycles. The second-order valence-corrected chi connectivity index (χ2v) is 7.76. The van der Waals surface area contributed by atoms with Crippen molar-refractivity contribution in [1.82, 2.24) is 10.6 Å². The zero-order valence-electron chi connectivity index (χ0n) is 15.9.